The van der Waals surface area contributed by atoms with E-state index in [1.54, 1.807) is 12.1 Å². The molecule has 1 aromatic heterocycles. The number of aryl methyl sites for hydroxylation is 1. The number of pyridine rings is 1. The molecule has 0 saturated heterocycles. The molecule has 1 heterocycles. The fourth-order valence-corrected chi connectivity index (χ4v) is 3.94. The van der Waals surface area contributed by atoms with Crippen LogP contribution in [0.4, 0.5) is 0 Å². The molecule has 0 aliphatic carbocycles. The third-order valence-corrected chi connectivity index (χ3v) is 5.57. The Morgan fingerprint density at radius 2 is 1.93 bits per heavy atom. The summed E-state index contributed by atoms with van der Waals surface area (Å²) < 4.78 is 6.76. The standard InChI is InChI=1S/C23H23BrClNO3/c1-3-4-5-12-29-22(23(27)28)20-14(2)26-19-11-8-16(24)13-18(19)21(20)15-6-9-17(25)10-7-15/h6-11,13,22H,3-5,12H2,1-2H3,(H,27,28). The van der Waals surface area contributed by atoms with Crippen LogP contribution in [0, 0.1) is 6.92 Å². The molecule has 3 rings (SSSR count). The summed E-state index contributed by atoms with van der Waals surface area (Å²) in [6.07, 6.45) is 1.77. The maximum Gasteiger partial charge on any atom is 0.337 e. The van der Waals surface area contributed by atoms with Gasteiger partial charge in [0.05, 0.1) is 5.52 Å². The van der Waals surface area contributed by atoms with Gasteiger partial charge in [-0.05, 0) is 54.8 Å². The van der Waals surface area contributed by atoms with E-state index in [1.807, 2.05) is 37.3 Å². The van der Waals surface area contributed by atoms with E-state index in [-0.39, 0.29) is 0 Å². The maximum absolute atomic E-state index is 12.2. The summed E-state index contributed by atoms with van der Waals surface area (Å²) in [6.45, 7) is 4.32. The van der Waals surface area contributed by atoms with Crippen LogP contribution in [0.1, 0.15) is 43.5 Å². The molecule has 0 amide bonds. The normalized spacial score (nSPS) is 12.3. The summed E-state index contributed by atoms with van der Waals surface area (Å²) in [7, 11) is 0. The van der Waals surface area contributed by atoms with Crippen molar-refractivity contribution >= 4 is 44.4 Å². The molecule has 0 spiro atoms. The highest BCUT2D eigenvalue weighted by atomic mass is 79.9. The zero-order valence-electron chi connectivity index (χ0n) is 16.4. The third kappa shape index (κ3) is 4.97. The van der Waals surface area contributed by atoms with Crippen LogP contribution in [-0.4, -0.2) is 22.7 Å². The highest BCUT2D eigenvalue weighted by molar-refractivity contribution is 9.10. The molecule has 0 bridgehead atoms. The second-order valence-corrected chi connectivity index (χ2v) is 8.30. The number of hydrogen-bond acceptors (Lipinski definition) is 3. The molecule has 3 aromatic rings. The van der Waals surface area contributed by atoms with E-state index >= 15 is 0 Å². The van der Waals surface area contributed by atoms with Gasteiger partial charge in [0.25, 0.3) is 0 Å². The third-order valence-electron chi connectivity index (χ3n) is 4.83. The number of rotatable bonds is 8. The van der Waals surface area contributed by atoms with Crippen LogP contribution in [0.5, 0.6) is 0 Å². The van der Waals surface area contributed by atoms with Gasteiger partial charge in [-0.1, -0.05) is 59.4 Å². The summed E-state index contributed by atoms with van der Waals surface area (Å²) in [5, 5.41) is 11.5. The predicted molar refractivity (Wildman–Crippen MR) is 120 cm³/mol. The van der Waals surface area contributed by atoms with Crippen molar-refractivity contribution in [3.05, 3.63) is 63.2 Å². The van der Waals surface area contributed by atoms with E-state index < -0.39 is 12.1 Å². The fourth-order valence-electron chi connectivity index (χ4n) is 3.45. The van der Waals surface area contributed by atoms with E-state index in [9.17, 15) is 9.90 Å². The number of unbranched alkanes of at least 4 members (excludes halogenated alkanes) is 2. The molecule has 0 aliphatic rings. The fraction of sp³-hybridized carbons (Fsp3) is 0.304. The smallest absolute Gasteiger partial charge is 0.337 e. The maximum atomic E-state index is 12.2. The first-order valence-electron chi connectivity index (χ1n) is 9.62. The number of carbonyl (C=O) groups is 1. The molecule has 1 N–H and O–H groups in total. The number of fused-ring (bicyclic) bond motifs is 1. The Balaban J connectivity index is 2.23. The van der Waals surface area contributed by atoms with Crippen LogP contribution < -0.4 is 0 Å². The lowest BCUT2D eigenvalue weighted by molar-refractivity contribution is -0.151. The Kier molecular flexibility index (Phi) is 7.28. The Hall–Kier alpha value is -1.95. The zero-order valence-corrected chi connectivity index (χ0v) is 18.8. The van der Waals surface area contributed by atoms with Gasteiger partial charge in [-0.15, -0.1) is 0 Å². The molecule has 1 unspecified atom stereocenters. The van der Waals surface area contributed by atoms with Crippen molar-refractivity contribution < 1.29 is 14.6 Å². The molecule has 4 nitrogen and oxygen atoms in total. The number of aliphatic carboxylic acids is 1. The van der Waals surface area contributed by atoms with Gasteiger partial charge in [-0.3, -0.25) is 4.98 Å². The number of carboxylic acid groups (broad SMARTS) is 1. The number of benzene rings is 2. The first-order chi connectivity index (χ1) is 13.9. The monoisotopic (exact) mass is 475 g/mol. The number of carboxylic acids is 1. The number of ether oxygens (including phenoxy) is 1. The predicted octanol–water partition coefficient (Wildman–Crippen LogP) is 6.96. The van der Waals surface area contributed by atoms with Crippen molar-refractivity contribution in [2.24, 2.45) is 0 Å². The van der Waals surface area contributed by atoms with Crippen LogP contribution in [0.15, 0.2) is 46.9 Å². The second-order valence-electron chi connectivity index (χ2n) is 6.95. The summed E-state index contributed by atoms with van der Waals surface area (Å²) in [4.78, 5) is 16.9. The van der Waals surface area contributed by atoms with Crippen molar-refractivity contribution in [3.63, 3.8) is 0 Å². The highest BCUT2D eigenvalue weighted by Crippen LogP contribution is 2.39. The largest absolute Gasteiger partial charge is 0.479 e. The zero-order chi connectivity index (χ0) is 21.0. The molecule has 0 fully saturated rings. The lowest BCUT2D eigenvalue weighted by atomic mass is 9.91. The summed E-state index contributed by atoms with van der Waals surface area (Å²) in [6, 6.07) is 13.2. The number of aromatic nitrogens is 1. The van der Waals surface area contributed by atoms with Crippen molar-refractivity contribution in [2.45, 2.75) is 39.2 Å². The van der Waals surface area contributed by atoms with Crippen molar-refractivity contribution in [2.75, 3.05) is 6.61 Å². The topological polar surface area (TPSA) is 59.4 Å². The lowest BCUT2D eigenvalue weighted by Crippen LogP contribution is -2.19. The molecule has 6 heteroatoms. The molecule has 0 aliphatic heterocycles. The lowest BCUT2D eigenvalue weighted by Gasteiger charge is -2.22. The molecular weight excluding hydrogens is 454 g/mol. The Morgan fingerprint density at radius 3 is 2.59 bits per heavy atom. The minimum atomic E-state index is -1.09. The Bertz CT molecular complexity index is 1020. The number of hydrogen-bond donors (Lipinski definition) is 1. The van der Waals surface area contributed by atoms with Crippen molar-refractivity contribution in [1.29, 1.82) is 0 Å². The van der Waals surface area contributed by atoms with Gasteiger partial charge in [-0.2, -0.15) is 0 Å². The molecule has 152 valence electrons. The van der Waals surface area contributed by atoms with Gasteiger partial charge in [0.15, 0.2) is 6.10 Å². The molecule has 29 heavy (non-hydrogen) atoms. The first-order valence-corrected chi connectivity index (χ1v) is 10.8. The van der Waals surface area contributed by atoms with Crippen LogP contribution in [0.2, 0.25) is 5.02 Å². The van der Waals surface area contributed by atoms with Crippen molar-refractivity contribution in [3.8, 4) is 11.1 Å². The van der Waals surface area contributed by atoms with Crippen LogP contribution in [-0.2, 0) is 9.53 Å². The van der Waals surface area contributed by atoms with E-state index in [2.05, 4.69) is 27.8 Å². The molecule has 0 radical (unpaired) electrons. The quantitative estimate of drug-likeness (QED) is 0.357. The van der Waals surface area contributed by atoms with E-state index in [0.29, 0.717) is 22.9 Å². The van der Waals surface area contributed by atoms with Crippen molar-refractivity contribution in [1.82, 2.24) is 4.98 Å². The summed E-state index contributed by atoms with van der Waals surface area (Å²) >= 11 is 9.61. The molecule has 2 aromatic carbocycles. The highest BCUT2D eigenvalue weighted by Gasteiger charge is 2.28. The summed E-state index contributed by atoms with van der Waals surface area (Å²) in [5.41, 5.74) is 3.72. The Morgan fingerprint density at radius 1 is 1.21 bits per heavy atom. The minimum absolute atomic E-state index is 0.390. The first kappa shape index (κ1) is 21.8. The van der Waals surface area contributed by atoms with E-state index in [4.69, 9.17) is 16.3 Å². The van der Waals surface area contributed by atoms with Gasteiger partial charge < -0.3 is 9.84 Å². The van der Waals surface area contributed by atoms with E-state index in [1.165, 1.54) is 0 Å². The Labute approximate surface area is 184 Å². The van der Waals surface area contributed by atoms with Gasteiger partial charge in [0, 0.05) is 32.7 Å². The molecule has 1 atom stereocenters. The van der Waals surface area contributed by atoms with E-state index in [0.717, 1.165) is 45.8 Å². The van der Waals surface area contributed by atoms with Crippen LogP contribution in [0.3, 0.4) is 0 Å². The van der Waals surface area contributed by atoms with Gasteiger partial charge in [0.1, 0.15) is 0 Å². The van der Waals surface area contributed by atoms with Crippen LogP contribution >= 0.6 is 27.5 Å². The number of halogens is 2. The molecular formula is C23H23BrClNO3. The second kappa shape index (κ2) is 9.70. The van der Waals surface area contributed by atoms with Crippen LogP contribution in [0.25, 0.3) is 22.0 Å². The SMILES string of the molecule is CCCCCOC(C(=O)O)c1c(C)nc2ccc(Br)cc2c1-c1ccc(Cl)cc1. The molecule has 0 saturated carbocycles. The number of nitrogens with zero attached hydrogens (tertiary/aromatic N) is 1. The average molecular weight is 477 g/mol. The van der Waals surface area contributed by atoms with Gasteiger partial charge in [-0.25, -0.2) is 4.79 Å². The minimum Gasteiger partial charge on any atom is -0.479 e. The van der Waals surface area contributed by atoms with Gasteiger partial charge in [0.2, 0.25) is 0 Å². The average Bonchev–Trinajstić information content (AvgIpc) is 2.69. The summed E-state index contributed by atoms with van der Waals surface area (Å²) in [5.74, 6) is -1.02. The van der Waals surface area contributed by atoms with Gasteiger partial charge >= 0.3 is 5.97 Å².